The van der Waals surface area contributed by atoms with Crippen LogP contribution in [0.15, 0.2) is 23.1 Å². The molecular weight excluding hydrogens is 280 g/mol. The van der Waals surface area contributed by atoms with Crippen LogP contribution in [0.3, 0.4) is 0 Å². The zero-order valence-electron chi connectivity index (χ0n) is 11.3. The standard InChI is InChI=1S/C13H16N2O2S2/c1-8-5-6-12(7-9(8)2)19(16,17)10(3)13-15-14-11(4)18-13/h5-7,10H,1-4H3/t10-/m0/s1. The van der Waals surface area contributed by atoms with Crippen LogP contribution in [0.2, 0.25) is 0 Å². The maximum Gasteiger partial charge on any atom is 0.187 e. The summed E-state index contributed by atoms with van der Waals surface area (Å²) in [6.07, 6.45) is 0. The summed E-state index contributed by atoms with van der Waals surface area (Å²) in [4.78, 5) is 0.343. The Hall–Kier alpha value is -1.27. The molecule has 0 bridgehead atoms. The van der Waals surface area contributed by atoms with Gasteiger partial charge in [-0.15, -0.1) is 21.5 Å². The van der Waals surface area contributed by atoms with E-state index < -0.39 is 15.1 Å². The van der Waals surface area contributed by atoms with Gasteiger partial charge in [-0.3, -0.25) is 0 Å². The zero-order valence-corrected chi connectivity index (χ0v) is 13.0. The second-order valence-electron chi connectivity index (χ2n) is 4.59. The normalized spacial score (nSPS) is 13.5. The summed E-state index contributed by atoms with van der Waals surface area (Å²) in [5, 5.41) is 8.46. The summed E-state index contributed by atoms with van der Waals surface area (Å²) in [7, 11) is -3.41. The van der Waals surface area contributed by atoms with Gasteiger partial charge in [0.2, 0.25) is 0 Å². The van der Waals surface area contributed by atoms with E-state index in [1.165, 1.54) is 11.3 Å². The quantitative estimate of drug-likeness (QED) is 0.873. The third kappa shape index (κ3) is 2.69. The van der Waals surface area contributed by atoms with Crippen molar-refractivity contribution in [1.29, 1.82) is 0 Å². The second-order valence-corrected chi connectivity index (χ2v) is 8.07. The lowest BCUT2D eigenvalue weighted by molar-refractivity contribution is 0.585. The lowest BCUT2D eigenvalue weighted by atomic mass is 10.1. The Bertz CT molecular complexity index is 705. The van der Waals surface area contributed by atoms with Gasteiger partial charge in [0.1, 0.15) is 15.3 Å². The minimum absolute atomic E-state index is 0.343. The number of aromatic nitrogens is 2. The van der Waals surface area contributed by atoms with Gasteiger partial charge < -0.3 is 0 Å². The average Bonchev–Trinajstić information content (AvgIpc) is 2.78. The molecule has 4 nitrogen and oxygen atoms in total. The van der Waals surface area contributed by atoms with E-state index in [4.69, 9.17) is 0 Å². The van der Waals surface area contributed by atoms with Gasteiger partial charge in [0, 0.05) is 0 Å². The molecule has 0 saturated carbocycles. The van der Waals surface area contributed by atoms with Gasteiger partial charge in [-0.25, -0.2) is 8.42 Å². The minimum atomic E-state index is -3.41. The highest BCUT2D eigenvalue weighted by Gasteiger charge is 2.28. The first-order valence-corrected chi connectivity index (χ1v) is 8.30. The number of nitrogens with zero attached hydrogens (tertiary/aromatic N) is 2. The van der Waals surface area contributed by atoms with Crippen LogP contribution >= 0.6 is 11.3 Å². The molecule has 0 amide bonds. The Balaban J connectivity index is 2.44. The van der Waals surface area contributed by atoms with E-state index in [1.807, 2.05) is 26.8 Å². The molecule has 19 heavy (non-hydrogen) atoms. The summed E-state index contributed by atoms with van der Waals surface area (Å²) < 4.78 is 25.1. The fourth-order valence-electron chi connectivity index (χ4n) is 1.70. The fourth-order valence-corrected chi connectivity index (χ4v) is 4.18. The molecule has 0 spiro atoms. The van der Waals surface area contributed by atoms with Crippen molar-refractivity contribution in [2.75, 3.05) is 0 Å². The van der Waals surface area contributed by atoms with Crippen molar-refractivity contribution in [2.24, 2.45) is 0 Å². The second kappa shape index (κ2) is 5.02. The molecule has 2 rings (SSSR count). The van der Waals surface area contributed by atoms with Gasteiger partial charge in [-0.1, -0.05) is 6.07 Å². The largest absolute Gasteiger partial charge is 0.223 e. The lowest BCUT2D eigenvalue weighted by Crippen LogP contribution is -2.11. The van der Waals surface area contributed by atoms with Crippen LogP contribution in [0.25, 0.3) is 0 Å². The van der Waals surface area contributed by atoms with Gasteiger partial charge in [0.05, 0.1) is 4.90 Å². The van der Waals surface area contributed by atoms with Gasteiger partial charge in [0.25, 0.3) is 0 Å². The molecule has 6 heteroatoms. The highest BCUT2D eigenvalue weighted by Crippen LogP contribution is 2.30. The number of aryl methyl sites for hydroxylation is 3. The van der Waals surface area contributed by atoms with Crippen molar-refractivity contribution in [2.45, 2.75) is 37.8 Å². The fraction of sp³-hybridized carbons (Fsp3) is 0.385. The smallest absolute Gasteiger partial charge is 0.187 e. The molecule has 0 radical (unpaired) electrons. The molecule has 0 N–H and O–H groups in total. The van der Waals surface area contributed by atoms with Crippen LogP contribution in [0.1, 0.15) is 33.3 Å². The molecule has 1 aromatic carbocycles. The molecule has 0 saturated heterocycles. The zero-order chi connectivity index (χ0) is 14.2. The predicted octanol–water partition coefficient (Wildman–Crippen LogP) is 3.00. The van der Waals surface area contributed by atoms with Crippen molar-refractivity contribution < 1.29 is 8.42 Å². The SMILES string of the molecule is Cc1nnc([C@H](C)S(=O)(=O)c2ccc(C)c(C)c2)s1. The lowest BCUT2D eigenvalue weighted by Gasteiger charge is -2.11. The van der Waals surface area contributed by atoms with E-state index in [1.54, 1.807) is 19.1 Å². The number of hydrogen-bond donors (Lipinski definition) is 0. The first-order valence-electron chi connectivity index (χ1n) is 5.93. The van der Waals surface area contributed by atoms with Gasteiger partial charge >= 0.3 is 0 Å². The van der Waals surface area contributed by atoms with E-state index in [0.717, 1.165) is 16.1 Å². The molecule has 1 aromatic heterocycles. The summed E-state index contributed by atoms with van der Waals surface area (Å²) in [5.74, 6) is 0. The van der Waals surface area contributed by atoms with E-state index in [9.17, 15) is 8.42 Å². The van der Waals surface area contributed by atoms with Crippen LogP contribution in [-0.4, -0.2) is 18.6 Å². The Labute approximate surface area is 117 Å². The monoisotopic (exact) mass is 296 g/mol. The molecule has 102 valence electrons. The van der Waals surface area contributed by atoms with E-state index in [-0.39, 0.29) is 0 Å². The predicted molar refractivity (Wildman–Crippen MR) is 76.2 cm³/mol. The molecular formula is C13H16N2O2S2. The summed E-state index contributed by atoms with van der Waals surface area (Å²) in [5.41, 5.74) is 2.06. The third-order valence-electron chi connectivity index (χ3n) is 3.16. The van der Waals surface area contributed by atoms with E-state index in [0.29, 0.717) is 9.90 Å². The van der Waals surface area contributed by atoms with Crippen LogP contribution < -0.4 is 0 Å². The van der Waals surface area contributed by atoms with E-state index in [2.05, 4.69) is 10.2 Å². The molecule has 1 atom stereocenters. The van der Waals surface area contributed by atoms with Gasteiger partial charge in [-0.2, -0.15) is 0 Å². The molecule has 0 aliphatic heterocycles. The van der Waals surface area contributed by atoms with Crippen molar-refractivity contribution in [3.05, 3.63) is 39.3 Å². The molecule has 0 aliphatic rings. The number of benzene rings is 1. The summed E-state index contributed by atoms with van der Waals surface area (Å²) in [6.45, 7) is 7.35. The first-order chi connectivity index (χ1) is 8.82. The topological polar surface area (TPSA) is 59.9 Å². The summed E-state index contributed by atoms with van der Waals surface area (Å²) in [6, 6.07) is 5.21. The Morgan fingerprint density at radius 2 is 1.79 bits per heavy atom. The highest BCUT2D eigenvalue weighted by molar-refractivity contribution is 7.91. The maximum absolute atomic E-state index is 12.5. The van der Waals surface area contributed by atoms with Crippen molar-refractivity contribution in [1.82, 2.24) is 10.2 Å². The number of rotatable bonds is 3. The first kappa shape index (κ1) is 14.1. The average molecular weight is 296 g/mol. The minimum Gasteiger partial charge on any atom is -0.223 e. The van der Waals surface area contributed by atoms with Crippen molar-refractivity contribution in [3.8, 4) is 0 Å². The van der Waals surface area contributed by atoms with Crippen molar-refractivity contribution in [3.63, 3.8) is 0 Å². The number of hydrogen-bond acceptors (Lipinski definition) is 5. The molecule has 2 aromatic rings. The van der Waals surface area contributed by atoms with Gasteiger partial charge in [0.15, 0.2) is 9.84 Å². The molecule has 0 aliphatic carbocycles. The Morgan fingerprint density at radius 3 is 2.32 bits per heavy atom. The Kier molecular flexibility index (Phi) is 3.73. The van der Waals surface area contributed by atoms with E-state index >= 15 is 0 Å². The van der Waals surface area contributed by atoms with Crippen LogP contribution in [0.4, 0.5) is 0 Å². The molecule has 0 unspecified atom stereocenters. The van der Waals surface area contributed by atoms with Gasteiger partial charge in [-0.05, 0) is 51.0 Å². The van der Waals surface area contributed by atoms with Crippen LogP contribution in [-0.2, 0) is 9.84 Å². The summed E-state index contributed by atoms with van der Waals surface area (Å²) >= 11 is 1.32. The number of sulfone groups is 1. The highest BCUT2D eigenvalue weighted by atomic mass is 32.2. The maximum atomic E-state index is 12.5. The Morgan fingerprint density at radius 1 is 1.11 bits per heavy atom. The molecule has 0 fully saturated rings. The van der Waals surface area contributed by atoms with Crippen LogP contribution in [0, 0.1) is 20.8 Å². The molecule has 1 heterocycles. The third-order valence-corrected chi connectivity index (χ3v) is 6.40. The van der Waals surface area contributed by atoms with Crippen LogP contribution in [0.5, 0.6) is 0 Å². The van der Waals surface area contributed by atoms with Crippen molar-refractivity contribution >= 4 is 21.2 Å².